The minimum absolute atomic E-state index is 0.553. The smallest absolute Gasteiger partial charge is 0.00719 e. The van der Waals surface area contributed by atoms with Gasteiger partial charge in [0.15, 0.2) is 0 Å². The molecule has 0 aromatic heterocycles. The SMILES string of the molecule is CNCC1(CN(C)C(C)CCSC)CCCC1. The van der Waals surface area contributed by atoms with Gasteiger partial charge in [0.05, 0.1) is 0 Å². The van der Waals surface area contributed by atoms with Crippen molar-refractivity contribution < 1.29 is 0 Å². The van der Waals surface area contributed by atoms with Crippen LogP contribution in [0.15, 0.2) is 0 Å². The zero-order valence-corrected chi connectivity index (χ0v) is 12.9. The lowest BCUT2D eigenvalue weighted by Crippen LogP contribution is -2.43. The first-order valence-electron chi connectivity index (χ1n) is 6.97. The molecule has 0 bridgehead atoms. The van der Waals surface area contributed by atoms with Gasteiger partial charge < -0.3 is 10.2 Å². The second-order valence-electron chi connectivity index (χ2n) is 5.78. The third kappa shape index (κ3) is 4.80. The average molecular weight is 258 g/mol. The molecule has 0 aromatic rings. The fraction of sp³-hybridized carbons (Fsp3) is 1.00. The third-order valence-corrected chi connectivity index (χ3v) is 4.94. The van der Waals surface area contributed by atoms with E-state index in [1.807, 2.05) is 11.8 Å². The van der Waals surface area contributed by atoms with Crippen LogP contribution >= 0.6 is 11.8 Å². The second kappa shape index (κ2) is 7.65. The minimum Gasteiger partial charge on any atom is -0.319 e. The lowest BCUT2D eigenvalue weighted by molar-refractivity contribution is 0.141. The van der Waals surface area contributed by atoms with Gasteiger partial charge in [0.2, 0.25) is 0 Å². The van der Waals surface area contributed by atoms with E-state index in [2.05, 4.69) is 37.5 Å². The molecule has 1 saturated carbocycles. The molecule has 3 heteroatoms. The van der Waals surface area contributed by atoms with Gasteiger partial charge in [-0.15, -0.1) is 0 Å². The summed E-state index contributed by atoms with van der Waals surface area (Å²) in [6.07, 6.45) is 9.18. The molecule has 0 heterocycles. The van der Waals surface area contributed by atoms with Gasteiger partial charge in [-0.1, -0.05) is 12.8 Å². The van der Waals surface area contributed by atoms with Crippen molar-refractivity contribution in [1.82, 2.24) is 10.2 Å². The van der Waals surface area contributed by atoms with Crippen LogP contribution in [0.5, 0.6) is 0 Å². The van der Waals surface area contributed by atoms with Crippen molar-refractivity contribution in [2.75, 3.05) is 39.2 Å². The molecule has 1 unspecified atom stereocenters. The molecule has 1 N–H and O–H groups in total. The molecule has 1 aliphatic rings. The lowest BCUT2D eigenvalue weighted by atomic mass is 9.85. The van der Waals surface area contributed by atoms with Gasteiger partial charge in [-0.05, 0) is 57.7 Å². The molecule has 1 aliphatic carbocycles. The molecule has 0 radical (unpaired) electrons. The quantitative estimate of drug-likeness (QED) is 0.721. The van der Waals surface area contributed by atoms with Crippen LogP contribution in [0.2, 0.25) is 0 Å². The van der Waals surface area contributed by atoms with E-state index in [0.717, 1.165) is 6.04 Å². The fourth-order valence-electron chi connectivity index (χ4n) is 3.08. The molecule has 17 heavy (non-hydrogen) atoms. The van der Waals surface area contributed by atoms with Crippen molar-refractivity contribution in [2.45, 2.75) is 45.1 Å². The van der Waals surface area contributed by atoms with Crippen molar-refractivity contribution >= 4 is 11.8 Å². The highest BCUT2D eigenvalue weighted by Gasteiger charge is 2.34. The maximum Gasteiger partial charge on any atom is 0.00719 e. The molecule has 0 amide bonds. The minimum atomic E-state index is 0.553. The fourth-order valence-corrected chi connectivity index (χ4v) is 3.66. The molecular formula is C14H30N2S. The Kier molecular flexibility index (Phi) is 6.90. The van der Waals surface area contributed by atoms with Crippen molar-refractivity contribution in [3.05, 3.63) is 0 Å². The summed E-state index contributed by atoms with van der Waals surface area (Å²) in [6.45, 7) is 4.83. The first-order valence-corrected chi connectivity index (χ1v) is 8.37. The van der Waals surface area contributed by atoms with Gasteiger partial charge in [0.1, 0.15) is 0 Å². The molecule has 1 rings (SSSR count). The van der Waals surface area contributed by atoms with E-state index in [0.29, 0.717) is 5.41 Å². The number of rotatable bonds is 8. The predicted octanol–water partition coefficient (Wildman–Crippen LogP) is 2.84. The van der Waals surface area contributed by atoms with Gasteiger partial charge in [-0.25, -0.2) is 0 Å². The lowest BCUT2D eigenvalue weighted by Gasteiger charge is -2.36. The molecule has 1 fully saturated rings. The van der Waals surface area contributed by atoms with Crippen LogP contribution in [0.4, 0.5) is 0 Å². The summed E-state index contributed by atoms with van der Waals surface area (Å²) in [5.74, 6) is 1.28. The number of nitrogens with zero attached hydrogens (tertiary/aromatic N) is 1. The molecule has 1 atom stereocenters. The molecule has 0 spiro atoms. The van der Waals surface area contributed by atoms with E-state index in [-0.39, 0.29) is 0 Å². The first kappa shape index (κ1) is 15.3. The number of thioether (sulfide) groups is 1. The highest BCUT2D eigenvalue weighted by molar-refractivity contribution is 7.98. The van der Waals surface area contributed by atoms with Crippen LogP contribution in [0.3, 0.4) is 0 Å². The van der Waals surface area contributed by atoms with Gasteiger partial charge >= 0.3 is 0 Å². The summed E-state index contributed by atoms with van der Waals surface area (Å²) in [4.78, 5) is 2.58. The second-order valence-corrected chi connectivity index (χ2v) is 6.77. The Morgan fingerprint density at radius 3 is 2.53 bits per heavy atom. The Morgan fingerprint density at radius 1 is 1.35 bits per heavy atom. The Morgan fingerprint density at radius 2 is 2.00 bits per heavy atom. The van der Waals surface area contributed by atoms with E-state index >= 15 is 0 Å². The summed E-state index contributed by atoms with van der Waals surface area (Å²) in [5.41, 5.74) is 0.553. The van der Waals surface area contributed by atoms with Gasteiger partial charge in [0.25, 0.3) is 0 Å². The maximum absolute atomic E-state index is 3.41. The van der Waals surface area contributed by atoms with E-state index in [9.17, 15) is 0 Å². The van der Waals surface area contributed by atoms with Gasteiger partial charge in [0, 0.05) is 19.1 Å². The van der Waals surface area contributed by atoms with Crippen LogP contribution in [0, 0.1) is 5.41 Å². The maximum atomic E-state index is 3.41. The Hall–Kier alpha value is 0.270. The Bertz CT molecular complexity index is 202. The van der Waals surface area contributed by atoms with Gasteiger partial charge in [-0.2, -0.15) is 11.8 Å². The average Bonchev–Trinajstić information content (AvgIpc) is 2.74. The largest absolute Gasteiger partial charge is 0.319 e. The molecule has 102 valence electrons. The zero-order chi connectivity index (χ0) is 12.7. The van der Waals surface area contributed by atoms with Crippen LogP contribution in [-0.4, -0.2) is 50.1 Å². The normalized spacial score (nSPS) is 21.0. The van der Waals surface area contributed by atoms with E-state index in [4.69, 9.17) is 0 Å². The monoisotopic (exact) mass is 258 g/mol. The summed E-state index contributed by atoms with van der Waals surface area (Å²) in [5, 5.41) is 3.41. The molecule has 2 nitrogen and oxygen atoms in total. The number of hydrogen-bond acceptors (Lipinski definition) is 3. The summed E-state index contributed by atoms with van der Waals surface area (Å²) < 4.78 is 0. The van der Waals surface area contributed by atoms with Crippen molar-refractivity contribution in [1.29, 1.82) is 0 Å². The summed E-state index contributed by atoms with van der Waals surface area (Å²) in [6, 6.07) is 0.719. The van der Waals surface area contributed by atoms with Crippen LogP contribution in [0.1, 0.15) is 39.0 Å². The Labute approximate surface area is 112 Å². The zero-order valence-electron chi connectivity index (χ0n) is 12.1. The predicted molar refractivity (Wildman–Crippen MR) is 79.9 cm³/mol. The van der Waals surface area contributed by atoms with Crippen molar-refractivity contribution in [2.24, 2.45) is 5.41 Å². The highest BCUT2D eigenvalue weighted by atomic mass is 32.2. The van der Waals surface area contributed by atoms with E-state index in [1.54, 1.807) is 0 Å². The standard InChI is InChI=1S/C14H30N2S/c1-13(7-10-17-4)16(3)12-14(11-15-2)8-5-6-9-14/h13,15H,5-12H2,1-4H3. The van der Waals surface area contributed by atoms with E-state index in [1.165, 1.54) is 50.9 Å². The first-order chi connectivity index (χ1) is 8.13. The Balaban J connectivity index is 2.43. The molecule has 0 saturated heterocycles. The van der Waals surface area contributed by atoms with Crippen molar-refractivity contribution in [3.63, 3.8) is 0 Å². The molecule has 0 aromatic carbocycles. The highest BCUT2D eigenvalue weighted by Crippen LogP contribution is 2.38. The topological polar surface area (TPSA) is 15.3 Å². The van der Waals surface area contributed by atoms with Crippen LogP contribution in [-0.2, 0) is 0 Å². The molecular weight excluding hydrogens is 228 g/mol. The molecule has 0 aliphatic heterocycles. The van der Waals surface area contributed by atoms with Crippen LogP contribution < -0.4 is 5.32 Å². The van der Waals surface area contributed by atoms with Crippen molar-refractivity contribution in [3.8, 4) is 0 Å². The third-order valence-electron chi connectivity index (χ3n) is 4.29. The summed E-state index contributed by atoms with van der Waals surface area (Å²) in [7, 11) is 4.40. The van der Waals surface area contributed by atoms with Crippen LogP contribution in [0.25, 0.3) is 0 Å². The van der Waals surface area contributed by atoms with Gasteiger partial charge in [-0.3, -0.25) is 0 Å². The van der Waals surface area contributed by atoms with E-state index < -0.39 is 0 Å². The summed E-state index contributed by atoms with van der Waals surface area (Å²) >= 11 is 1.96. The number of hydrogen-bond donors (Lipinski definition) is 1. The number of nitrogens with one attached hydrogen (secondary N) is 1.